The van der Waals surface area contributed by atoms with Gasteiger partial charge in [-0.15, -0.1) is 0 Å². The van der Waals surface area contributed by atoms with Crippen molar-refractivity contribution in [3.8, 4) is 11.5 Å². The summed E-state index contributed by atoms with van der Waals surface area (Å²) in [5.41, 5.74) is -0.153. The third-order valence-electron chi connectivity index (χ3n) is 3.30. The number of ether oxygens (including phenoxy) is 5. The Morgan fingerprint density at radius 2 is 1.85 bits per heavy atom. The van der Waals surface area contributed by atoms with Gasteiger partial charge in [0.2, 0.25) is 6.79 Å². The van der Waals surface area contributed by atoms with E-state index in [0.29, 0.717) is 0 Å². The van der Waals surface area contributed by atoms with Crippen molar-refractivity contribution in [2.45, 2.75) is 19.9 Å². The Balaban J connectivity index is 2.99. The van der Waals surface area contributed by atoms with E-state index in [0.717, 1.165) is 0 Å². The largest absolute Gasteiger partial charge is 0.493 e. The summed E-state index contributed by atoms with van der Waals surface area (Å²) in [6, 6.07) is 0.440. The number of hydrogen-bond acceptors (Lipinski definition) is 9. The maximum atomic E-state index is 12.6. The van der Waals surface area contributed by atoms with Crippen molar-refractivity contribution < 1.29 is 38.1 Å². The molecule has 1 N–H and O–H groups in total. The van der Waals surface area contributed by atoms with Crippen LogP contribution in [0.4, 0.5) is 0 Å². The van der Waals surface area contributed by atoms with Gasteiger partial charge in [0.1, 0.15) is 0 Å². The Morgan fingerprint density at radius 1 is 1.15 bits per heavy atom. The van der Waals surface area contributed by atoms with Crippen molar-refractivity contribution in [3.63, 3.8) is 0 Å². The van der Waals surface area contributed by atoms with E-state index in [1.54, 1.807) is 13.8 Å². The molecule has 1 aromatic rings. The van der Waals surface area contributed by atoms with E-state index in [2.05, 4.69) is 15.0 Å². The Labute approximate surface area is 157 Å². The number of nitrogens with one attached hydrogen (secondary N) is 1. The molecular weight excluding hydrogens is 360 g/mol. The van der Waals surface area contributed by atoms with Gasteiger partial charge in [0, 0.05) is 19.4 Å². The first kappa shape index (κ1) is 22.2. The first-order valence-corrected chi connectivity index (χ1v) is 8.05. The molecule has 27 heavy (non-hydrogen) atoms. The van der Waals surface area contributed by atoms with Crippen LogP contribution in [0.1, 0.15) is 24.3 Å². The molecule has 0 fully saturated rings. The van der Waals surface area contributed by atoms with E-state index in [9.17, 15) is 14.4 Å². The van der Waals surface area contributed by atoms with Gasteiger partial charge in [-0.1, -0.05) is 13.8 Å². The topological polar surface area (TPSA) is 122 Å². The fourth-order valence-corrected chi connectivity index (χ4v) is 1.91. The monoisotopic (exact) mass is 384 g/mol. The summed E-state index contributed by atoms with van der Waals surface area (Å²) in [5.74, 6) is -2.02. The summed E-state index contributed by atoms with van der Waals surface area (Å²) < 4.78 is 25.0. The van der Waals surface area contributed by atoms with Gasteiger partial charge < -0.3 is 29.0 Å². The zero-order valence-corrected chi connectivity index (χ0v) is 15.9. The maximum Gasteiger partial charge on any atom is 0.330 e. The van der Waals surface area contributed by atoms with Gasteiger partial charge in [-0.05, 0) is 0 Å². The van der Waals surface area contributed by atoms with E-state index in [1.807, 2.05) is 0 Å². The van der Waals surface area contributed by atoms with Crippen LogP contribution in [0, 0.1) is 5.92 Å². The molecule has 0 saturated heterocycles. The summed E-state index contributed by atoms with van der Waals surface area (Å²) in [4.78, 5) is 39.8. The summed E-state index contributed by atoms with van der Waals surface area (Å²) in [7, 11) is 3.95. The first-order chi connectivity index (χ1) is 12.8. The molecule has 0 aromatic carbocycles. The lowest BCUT2D eigenvalue weighted by molar-refractivity contribution is -0.154. The molecule has 10 nitrogen and oxygen atoms in total. The second-order valence-electron chi connectivity index (χ2n) is 5.58. The summed E-state index contributed by atoms with van der Waals surface area (Å²) in [5, 5.41) is 2.45. The van der Waals surface area contributed by atoms with Gasteiger partial charge in [0.25, 0.3) is 5.91 Å². The van der Waals surface area contributed by atoms with Gasteiger partial charge in [-0.25, -0.2) is 9.78 Å². The lowest BCUT2D eigenvalue weighted by Crippen LogP contribution is -2.44. The highest BCUT2D eigenvalue weighted by Crippen LogP contribution is 2.29. The van der Waals surface area contributed by atoms with Gasteiger partial charge in [0.15, 0.2) is 23.2 Å². The van der Waals surface area contributed by atoms with Crippen molar-refractivity contribution >= 4 is 17.8 Å². The smallest absolute Gasteiger partial charge is 0.330 e. The molecule has 1 heterocycles. The number of esters is 2. The molecule has 10 heteroatoms. The van der Waals surface area contributed by atoms with E-state index >= 15 is 0 Å². The highest BCUT2D eigenvalue weighted by Gasteiger charge is 2.26. The molecule has 150 valence electrons. The number of amides is 1. The fourth-order valence-electron chi connectivity index (χ4n) is 1.91. The van der Waals surface area contributed by atoms with Crippen LogP contribution in [0.2, 0.25) is 0 Å². The predicted molar refractivity (Wildman–Crippen MR) is 92.4 cm³/mol. The Hall–Kier alpha value is -2.88. The lowest BCUT2D eigenvalue weighted by Gasteiger charge is -2.17. The fraction of sp³-hybridized carbons (Fsp3) is 0.529. The molecule has 0 radical (unpaired) electrons. The SMILES string of the molecule is COCC(NC(=O)c1nccc(OC)c1OCOC(=O)C(C)C)C(=O)OC. The van der Waals surface area contributed by atoms with Crippen LogP contribution in [-0.2, 0) is 23.8 Å². The minimum Gasteiger partial charge on any atom is -0.493 e. The van der Waals surface area contributed by atoms with E-state index in [4.69, 9.17) is 18.9 Å². The molecule has 0 spiro atoms. The quantitative estimate of drug-likeness (QED) is 0.455. The van der Waals surface area contributed by atoms with Crippen molar-refractivity contribution in [2.24, 2.45) is 5.92 Å². The van der Waals surface area contributed by atoms with Crippen LogP contribution in [0.3, 0.4) is 0 Å². The van der Waals surface area contributed by atoms with Crippen LogP contribution >= 0.6 is 0 Å². The van der Waals surface area contributed by atoms with Crippen LogP contribution < -0.4 is 14.8 Å². The second kappa shape index (κ2) is 11.0. The molecule has 1 unspecified atom stereocenters. The molecule has 1 amide bonds. The third-order valence-corrected chi connectivity index (χ3v) is 3.30. The van der Waals surface area contributed by atoms with Crippen molar-refractivity contribution in [2.75, 3.05) is 34.7 Å². The standard InChI is InChI=1S/C17H24N2O8/c1-10(2)16(21)27-9-26-14-12(24-4)6-7-18-13(14)15(20)19-11(8-23-3)17(22)25-5/h6-7,10-11H,8-9H2,1-5H3,(H,19,20). The van der Waals surface area contributed by atoms with Crippen molar-refractivity contribution in [1.82, 2.24) is 10.3 Å². The minimum absolute atomic E-state index is 0.0323. The number of hydrogen-bond donors (Lipinski definition) is 1. The number of nitrogens with zero attached hydrogens (tertiary/aromatic N) is 1. The van der Waals surface area contributed by atoms with E-state index in [1.165, 1.54) is 33.6 Å². The molecule has 0 saturated carbocycles. The zero-order chi connectivity index (χ0) is 20.4. The van der Waals surface area contributed by atoms with Gasteiger partial charge in [-0.2, -0.15) is 0 Å². The Morgan fingerprint density at radius 3 is 2.41 bits per heavy atom. The zero-order valence-electron chi connectivity index (χ0n) is 15.9. The van der Waals surface area contributed by atoms with Crippen LogP contribution in [0.25, 0.3) is 0 Å². The molecule has 0 aliphatic carbocycles. The number of carbonyl (C=O) groups excluding carboxylic acids is 3. The van der Waals surface area contributed by atoms with Gasteiger partial charge in [-0.3, -0.25) is 9.59 Å². The van der Waals surface area contributed by atoms with Gasteiger partial charge >= 0.3 is 11.9 Å². The van der Waals surface area contributed by atoms with E-state index < -0.39 is 30.7 Å². The highest BCUT2D eigenvalue weighted by molar-refractivity contribution is 5.98. The summed E-state index contributed by atoms with van der Waals surface area (Å²) in [6.45, 7) is 2.83. The van der Waals surface area contributed by atoms with Crippen molar-refractivity contribution in [1.29, 1.82) is 0 Å². The molecule has 1 aromatic heterocycles. The third kappa shape index (κ3) is 6.41. The normalized spacial score (nSPS) is 11.5. The minimum atomic E-state index is -1.04. The van der Waals surface area contributed by atoms with Gasteiger partial charge in [0.05, 0.1) is 26.7 Å². The number of rotatable bonds is 10. The number of aromatic nitrogens is 1. The molecular formula is C17H24N2O8. The van der Waals surface area contributed by atoms with E-state index in [-0.39, 0.29) is 29.7 Å². The average Bonchev–Trinajstić information content (AvgIpc) is 2.66. The number of methoxy groups -OCH3 is 3. The lowest BCUT2D eigenvalue weighted by atomic mass is 10.2. The van der Waals surface area contributed by atoms with Crippen molar-refractivity contribution in [3.05, 3.63) is 18.0 Å². The molecule has 0 bridgehead atoms. The van der Waals surface area contributed by atoms with Crippen LogP contribution in [0.15, 0.2) is 12.3 Å². The number of carbonyl (C=O) groups is 3. The maximum absolute atomic E-state index is 12.6. The highest BCUT2D eigenvalue weighted by atomic mass is 16.7. The average molecular weight is 384 g/mol. The van der Waals surface area contributed by atoms with Crippen LogP contribution in [0.5, 0.6) is 11.5 Å². The summed E-state index contributed by atoms with van der Waals surface area (Å²) >= 11 is 0. The number of pyridine rings is 1. The first-order valence-electron chi connectivity index (χ1n) is 8.05. The molecule has 1 atom stereocenters. The summed E-state index contributed by atoms with van der Waals surface area (Å²) in [6.07, 6.45) is 1.34. The molecule has 0 aliphatic heterocycles. The Bertz CT molecular complexity index is 662. The second-order valence-corrected chi connectivity index (χ2v) is 5.58. The molecule has 0 aliphatic rings. The molecule has 1 rings (SSSR count). The Kier molecular flexibility index (Phi) is 9.00. The predicted octanol–water partition coefficient (Wildman–Crippen LogP) is 0.544. The van der Waals surface area contributed by atoms with Crippen LogP contribution in [-0.4, -0.2) is 63.6 Å².